The number of rotatable bonds is 3. The third-order valence-electron chi connectivity index (χ3n) is 5.30. The second-order valence-corrected chi connectivity index (χ2v) is 7.05. The zero-order chi connectivity index (χ0) is 17.8. The van der Waals surface area contributed by atoms with Crippen molar-refractivity contribution in [1.29, 1.82) is 0 Å². The Kier molecular flexibility index (Phi) is 5.66. The molecule has 1 saturated carbocycles. The molecule has 2 fully saturated rings. The predicted octanol–water partition coefficient (Wildman–Crippen LogP) is 3.72. The molecule has 1 heterocycles. The van der Waals surface area contributed by atoms with Crippen molar-refractivity contribution in [2.75, 3.05) is 18.4 Å². The summed E-state index contributed by atoms with van der Waals surface area (Å²) in [6.07, 6.45) is 5.98. The Hall–Kier alpha value is -1.98. The van der Waals surface area contributed by atoms with Gasteiger partial charge in [-0.15, -0.1) is 0 Å². The molecule has 1 aromatic carbocycles. The molecule has 1 aromatic rings. The average Bonchev–Trinajstić information content (AvgIpc) is 2.64. The standard InChI is InChI=1S/C19H24F2N2O2/c20-15-8-9-17(16(21)12-15)22-18(24)13-4-6-14(7-5-13)19(25)23-10-2-1-3-11-23/h8-9,12-14H,1-7,10-11H2,(H,22,24). The number of carbonyl (C=O) groups excluding carboxylic acids is 2. The maximum atomic E-state index is 13.6. The van der Waals surface area contributed by atoms with Crippen LogP contribution in [0.3, 0.4) is 0 Å². The van der Waals surface area contributed by atoms with Crippen LogP contribution in [0, 0.1) is 23.5 Å². The molecule has 136 valence electrons. The van der Waals surface area contributed by atoms with Crippen molar-refractivity contribution < 1.29 is 18.4 Å². The van der Waals surface area contributed by atoms with Gasteiger partial charge in [-0.1, -0.05) is 0 Å². The predicted molar refractivity (Wildman–Crippen MR) is 90.9 cm³/mol. The molecule has 1 N–H and O–H groups in total. The fourth-order valence-electron chi connectivity index (χ4n) is 3.80. The van der Waals surface area contributed by atoms with Gasteiger partial charge in [-0.2, -0.15) is 0 Å². The third kappa shape index (κ3) is 4.35. The van der Waals surface area contributed by atoms with Crippen LogP contribution >= 0.6 is 0 Å². The van der Waals surface area contributed by atoms with Crippen molar-refractivity contribution in [3.63, 3.8) is 0 Å². The van der Waals surface area contributed by atoms with E-state index in [-0.39, 0.29) is 29.3 Å². The van der Waals surface area contributed by atoms with Crippen LogP contribution in [0.1, 0.15) is 44.9 Å². The lowest BCUT2D eigenvalue weighted by Gasteiger charge is -2.33. The molecule has 1 aliphatic heterocycles. The quantitative estimate of drug-likeness (QED) is 0.903. The van der Waals surface area contributed by atoms with E-state index in [9.17, 15) is 18.4 Å². The van der Waals surface area contributed by atoms with Gasteiger partial charge in [0, 0.05) is 31.0 Å². The zero-order valence-electron chi connectivity index (χ0n) is 14.3. The molecule has 2 aliphatic rings. The summed E-state index contributed by atoms with van der Waals surface area (Å²) < 4.78 is 26.6. The number of nitrogens with one attached hydrogen (secondary N) is 1. The second kappa shape index (κ2) is 7.93. The molecule has 1 aliphatic carbocycles. The molecule has 25 heavy (non-hydrogen) atoms. The Morgan fingerprint density at radius 1 is 0.960 bits per heavy atom. The van der Waals surface area contributed by atoms with E-state index in [1.54, 1.807) is 0 Å². The highest BCUT2D eigenvalue weighted by Crippen LogP contribution is 2.31. The first-order chi connectivity index (χ1) is 12.0. The molecular weight excluding hydrogens is 326 g/mol. The number of carbonyl (C=O) groups is 2. The van der Waals surface area contributed by atoms with Crippen LogP contribution in [0.2, 0.25) is 0 Å². The number of piperidine rings is 1. The largest absolute Gasteiger partial charge is 0.342 e. The van der Waals surface area contributed by atoms with Crippen LogP contribution in [0.25, 0.3) is 0 Å². The van der Waals surface area contributed by atoms with E-state index in [1.165, 1.54) is 12.5 Å². The van der Waals surface area contributed by atoms with E-state index in [2.05, 4.69) is 5.32 Å². The molecule has 3 rings (SSSR count). The Bertz CT molecular complexity index is 636. The van der Waals surface area contributed by atoms with Crippen molar-refractivity contribution in [1.82, 2.24) is 4.90 Å². The maximum absolute atomic E-state index is 13.6. The number of halogens is 2. The minimum Gasteiger partial charge on any atom is -0.342 e. The number of hydrogen-bond donors (Lipinski definition) is 1. The van der Waals surface area contributed by atoms with Crippen molar-refractivity contribution in [2.45, 2.75) is 44.9 Å². The zero-order valence-corrected chi connectivity index (χ0v) is 14.3. The molecule has 0 bridgehead atoms. The average molecular weight is 350 g/mol. The second-order valence-electron chi connectivity index (χ2n) is 7.05. The van der Waals surface area contributed by atoms with Crippen LogP contribution in [-0.2, 0) is 9.59 Å². The molecule has 0 atom stereocenters. The summed E-state index contributed by atoms with van der Waals surface area (Å²) in [6.45, 7) is 1.70. The van der Waals surface area contributed by atoms with Crippen LogP contribution in [0.5, 0.6) is 0 Å². The van der Waals surface area contributed by atoms with Gasteiger partial charge in [0.25, 0.3) is 0 Å². The molecule has 0 spiro atoms. The molecule has 1 saturated heterocycles. The Balaban J connectivity index is 1.51. The number of amides is 2. The van der Waals surface area contributed by atoms with Crippen LogP contribution in [-0.4, -0.2) is 29.8 Å². The minimum atomic E-state index is -0.776. The minimum absolute atomic E-state index is 0.00193. The normalized spacial score (nSPS) is 24.0. The highest BCUT2D eigenvalue weighted by atomic mass is 19.1. The van der Waals surface area contributed by atoms with Crippen LogP contribution < -0.4 is 5.32 Å². The van der Waals surface area contributed by atoms with Crippen molar-refractivity contribution in [3.05, 3.63) is 29.8 Å². The van der Waals surface area contributed by atoms with E-state index in [0.717, 1.165) is 38.1 Å². The van der Waals surface area contributed by atoms with Crippen LogP contribution in [0.15, 0.2) is 18.2 Å². The molecule has 0 radical (unpaired) electrons. The number of likely N-dealkylation sites (tertiary alicyclic amines) is 1. The summed E-state index contributed by atoms with van der Waals surface area (Å²) in [5, 5.41) is 2.54. The summed E-state index contributed by atoms with van der Waals surface area (Å²) >= 11 is 0. The van der Waals surface area contributed by atoms with E-state index in [1.807, 2.05) is 4.90 Å². The monoisotopic (exact) mass is 350 g/mol. The molecule has 6 heteroatoms. The van der Waals surface area contributed by atoms with Crippen molar-refractivity contribution in [3.8, 4) is 0 Å². The molecule has 0 aromatic heterocycles. The lowest BCUT2D eigenvalue weighted by Crippen LogP contribution is -2.41. The van der Waals surface area contributed by atoms with Crippen molar-refractivity contribution >= 4 is 17.5 Å². The Morgan fingerprint density at radius 2 is 1.60 bits per heavy atom. The Labute approximate surface area is 146 Å². The van der Waals surface area contributed by atoms with E-state index >= 15 is 0 Å². The first kappa shape index (κ1) is 17.8. The van der Waals surface area contributed by atoms with E-state index in [0.29, 0.717) is 25.7 Å². The van der Waals surface area contributed by atoms with Gasteiger partial charge in [0.15, 0.2) is 0 Å². The summed E-state index contributed by atoms with van der Waals surface area (Å²) in [7, 11) is 0. The number of hydrogen-bond acceptors (Lipinski definition) is 2. The molecule has 0 unspecified atom stereocenters. The van der Waals surface area contributed by atoms with Crippen molar-refractivity contribution in [2.24, 2.45) is 11.8 Å². The first-order valence-electron chi connectivity index (χ1n) is 9.09. The highest BCUT2D eigenvalue weighted by Gasteiger charge is 2.32. The van der Waals surface area contributed by atoms with Gasteiger partial charge in [-0.3, -0.25) is 9.59 Å². The lowest BCUT2D eigenvalue weighted by molar-refractivity contribution is -0.138. The summed E-state index contributed by atoms with van der Waals surface area (Å²) in [4.78, 5) is 26.8. The summed E-state index contributed by atoms with van der Waals surface area (Å²) in [5.74, 6) is -1.70. The Morgan fingerprint density at radius 3 is 2.24 bits per heavy atom. The fraction of sp³-hybridized carbons (Fsp3) is 0.579. The molecule has 2 amide bonds. The van der Waals surface area contributed by atoms with Gasteiger partial charge in [-0.05, 0) is 57.1 Å². The number of nitrogens with zero attached hydrogens (tertiary/aromatic N) is 1. The smallest absolute Gasteiger partial charge is 0.227 e. The number of benzene rings is 1. The van der Waals surface area contributed by atoms with Gasteiger partial charge in [-0.25, -0.2) is 8.78 Å². The lowest BCUT2D eigenvalue weighted by atomic mass is 9.80. The first-order valence-corrected chi connectivity index (χ1v) is 9.09. The van der Waals surface area contributed by atoms with E-state index in [4.69, 9.17) is 0 Å². The van der Waals surface area contributed by atoms with Gasteiger partial charge >= 0.3 is 0 Å². The molecule has 4 nitrogen and oxygen atoms in total. The molecular formula is C19H24F2N2O2. The summed E-state index contributed by atoms with van der Waals surface area (Å²) in [5.41, 5.74) is -0.00193. The fourth-order valence-corrected chi connectivity index (χ4v) is 3.80. The maximum Gasteiger partial charge on any atom is 0.227 e. The van der Waals surface area contributed by atoms with Crippen LogP contribution in [0.4, 0.5) is 14.5 Å². The van der Waals surface area contributed by atoms with Gasteiger partial charge in [0.2, 0.25) is 11.8 Å². The third-order valence-corrected chi connectivity index (χ3v) is 5.30. The topological polar surface area (TPSA) is 49.4 Å². The van der Waals surface area contributed by atoms with Gasteiger partial charge in [0.05, 0.1) is 5.69 Å². The van der Waals surface area contributed by atoms with Gasteiger partial charge in [0.1, 0.15) is 11.6 Å². The van der Waals surface area contributed by atoms with Gasteiger partial charge < -0.3 is 10.2 Å². The SMILES string of the molecule is O=C(Nc1ccc(F)cc1F)C1CCC(C(=O)N2CCCCC2)CC1. The summed E-state index contributed by atoms with van der Waals surface area (Å²) in [6, 6.07) is 3.10. The van der Waals surface area contributed by atoms with E-state index < -0.39 is 11.6 Å². The number of anilines is 1. The highest BCUT2D eigenvalue weighted by molar-refractivity contribution is 5.92.